The molecular formula is C21H25NO4S. The van der Waals surface area contributed by atoms with Gasteiger partial charge in [-0.05, 0) is 37.3 Å². The van der Waals surface area contributed by atoms with Gasteiger partial charge in [0, 0.05) is 17.4 Å². The summed E-state index contributed by atoms with van der Waals surface area (Å²) in [5.74, 6) is -0.693. The molecular weight excluding hydrogens is 362 g/mol. The average Bonchev–Trinajstić information content (AvgIpc) is 2.91. The molecule has 144 valence electrons. The van der Waals surface area contributed by atoms with Crippen molar-refractivity contribution in [2.75, 3.05) is 11.9 Å². The van der Waals surface area contributed by atoms with Crippen molar-refractivity contribution in [2.45, 2.75) is 47.0 Å². The number of aryl methyl sites for hydroxylation is 1. The number of hydrogen-bond acceptors (Lipinski definition) is 5. The van der Waals surface area contributed by atoms with Gasteiger partial charge in [0.05, 0.1) is 5.56 Å². The highest BCUT2D eigenvalue weighted by Crippen LogP contribution is 2.33. The first kappa shape index (κ1) is 20.8. The van der Waals surface area contributed by atoms with Gasteiger partial charge < -0.3 is 10.1 Å². The molecule has 0 spiro atoms. The van der Waals surface area contributed by atoms with Gasteiger partial charge in [0.15, 0.2) is 12.4 Å². The van der Waals surface area contributed by atoms with Crippen LogP contribution in [-0.2, 0) is 9.53 Å². The molecule has 27 heavy (non-hydrogen) atoms. The number of carbonyl (C=O) groups is 3. The van der Waals surface area contributed by atoms with E-state index in [4.69, 9.17) is 4.74 Å². The minimum absolute atomic E-state index is 0.260. The fraction of sp³-hybridized carbons (Fsp3) is 0.381. The van der Waals surface area contributed by atoms with Crippen LogP contribution in [0.3, 0.4) is 0 Å². The first-order valence-corrected chi connectivity index (χ1v) is 9.74. The summed E-state index contributed by atoms with van der Waals surface area (Å²) in [5.41, 5.74) is 2.75. The summed E-state index contributed by atoms with van der Waals surface area (Å²) < 4.78 is 5.23. The van der Waals surface area contributed by atoms with Gasteiger partial charge in [-0.1, -0.05) is 38.1 Å². The summed E-state index contributed by atoms with van der Waals surface area (Å²) in [7, 11) is 0. The zero-order valence-electron chi connectivity index (χ0n) is 16.3. The maximum absolute atomic E-state index is 12.5. The SMILES string of the molecule is CC[C@@H](C)c1ccc(C(=O)COC(=O)c2c(NC(C)=O)sc(C)c2C)cc1. The first-order chi connectivity index (χ1) is 12.7. The molecule has 1 heterocycles. The molecule has 0 aliphatic rings. The lowest BCUT2D eigenvalue weighted by molar-refractivity contribution is -0.114. The Bertz CT molecular complexity index is 852. The maximum Gasteiger partial charge on any atom is 0.341 e. The van der Waals surface area contributed by atoms with Gasteiger partial charge in [-0.3, -0.25) is 9.59 Å². The molecule has 0 radical (unpaired) electrons. The number of benzene rings is 1. The van der Waals surface area contributed by atoms with Crippen molar-refractivity contribution in [3.63, 3.8) is 0 Å². The molecule has 1 N–H and O–H groups in total. The summed E-state index contributed by atoms with van der Waals surface area (Å²) in [4.78, 5) is 37.1. The van der Waals surface area contributed by atoms with Gasteiger partial charge >= 0.3 is 5.97 Å². The Labute approximate surface area is 163 Å². The van der Waals surface area contributed by atoms with Crippen LogP contribution in [-0.4, -0.2) is 24.3 Å². The van der Waals surface area contributed by atoms with Crippen molar-refractivity contribution in [3.05, 3.63) is 51.4 Å². The third-order valence-corrected chi connectivity index (χ3v) is 5.75. The van der Waals surface area contributed by atoms with Gasteiger partial charge in [0.25, 0.3) is 0 Å². The second kappa shape index (κ2) is 8.95. The van der Waals surface area contributed by atoms with Gasteiger partial charge in [0.1, 0.15) is 5.00 Å². The molecule has 0 unspecified atom stereocenters. The first-order valence-electron chi connectivity index (χ1n) is 8.92. The van der Waals surface area contributed by atoms with Crippen molar-refractivity contribution >= 4 is 34.0 Å². The third kappa shape index (κ3) is 5.04. The summed E-state index contributed by atoms with van der Waals surface area (Å²) in [6.07, 6.45) is 1.03. The number of nitrogens with one attached hydrogen (secondary N) is 1. The fourth-order valence-electron chi connectivity index (χ4n) is 2.64. The number of amides is 1. The van der Waals surface area contributed by atoms with E-state index < -0.39 is 5.97 Å². The highest BCUT2D eigenvalue weighted by molar-refractivity contribution is 7.16. The molecule has 1 amide bonds. The minimum atomic E-state index is -0.606. The quantitative estimate of drug-likeness (QED) is 0.543. The van der Waals surface area contributed by atoms with Crippen LogP contribution in [0.15, 0.2) is 24.3 Å². The van der Waals surface area contributed by atoms with Gasteiger partial charge in [-0.25, -0.2) is 4.79 Å². The van der Waals surface area contributed by atoms with E-state index in [0.29, 0.717) is 22.0 Å². The molecule has 0 fully saturated rings. The molecule has 2 rings (SSSR count). The minimum Gasteiger partial charge on any atom is -0.454 e. The highest BCUT2D eigenvalue weighted by Gasteiger charge is 2.22. The number of anilines is 1. The second-order valence-electron chi connectivity index (χ2n) is 6.60. The van der Waals surface area contributed by atoms with Crippen LogP contribution >= 0.6 is 11.3 Å². The van der Waals surface area contributed by atoms with E-state index in [1.807, 2.05) is 19.1 Å². The average molecular weight is 388 g/mol. The Morgan fingerprint density at radius 2 is 1.78 bits per heavy atom. The Morgan fingerprint density at radius 1 is 1.15 bits per heavy atom. The molecule has 0 saturated carbocycles. The predicted molar refractivity (Wildman–Crippen MR) is 108 cm³/mol. The second-order valence-corrected chi connectivity index (χ2v) is 7.82. The van der Waals surface area contributed by atoms with Crippen LogP contribution < -0.4 is 5.32 Å². The molecule has 0 aliphatic carbocycles. The van der Waals surface area contributed by atoms with Crippen molar-refractivity contribution in [1.29, 1.82) is 0 Å². The van der Waals surface area contributed by atoms with Crippen LogP contribution in [0.1, 0.15) is 69.8 Å². The normalized spacial score (nSPS) is 11.7. The zero-order valence-corrected chi connectivity index (χ0v) is 17.2. The Balaban J connectivity index is 2.07. The van der Waals surface area contributed by atoms with E-state index in [1.165, 1.54) is 23.8 Å². The van der Waals surface area contributed by atoms with Crippen molar-refractivity contribution < 1.29 is 19.1 Å². The van der Waals surface area contributed by atoms with Crippen LogP contribution in [0.4, 0.5) is 5.00 Å². The van der Waals surface area contributed by atoms with Crippen molar-refractivity contribution in [3.8, 4) is 0 Å². The molecule has 5 nitrogen and oxygen atoms in total. The standard InChI is InChI=1S/C21H25NO4S/c1-6-12(2)16-7-9-17(10-8-16)18(24)11-26-21(25)19-13(3)14(4)27-20(19)22-15(5)23/h7-10,12H,6,11H2,1-5H3,(H,22,23)/t12-/m1/s1. The Kier molecular flexibility index (Phi) is 6.91. The number of carbonyl (C=O) groups excluding carboxylic acids is 3. The van der Waals surface area contributed by atoms with E-state index in [9.17, 15) is 14.4 Å². The molecule has 0 saturated heterocycles. The molecule has 0 aliphatic heterocycles. The van der Waals surface area contributed by atoms with Crippen LogP contribution in [0.5, 0.6) is 0 Å². The lowest BCUT2D eigenvalue weighted by Gasteiger charge is -2.10. The van der Waals surface area contributed by atoms with Gasteiger partial charge in [-0.2, -0.15) is 0 Å². The van der Waals surface area contributed by atoms with E-state index in [1.54, 1.807) is 19.1 Å². The van der Waals surface area contributed by atoms with Gasteiger partial charge in [0.2, 0.25) is 5.91 Å². The van der Waals surface area contributed by atoms with Crippen LogP contribution in [0.25, 0.3) is 0 Å². The number of ketones is 1. The number of esters is 1. The van der Waals surface area contributed by atoms with Gasteiger partial charge in [-0.15, -0.1) is 11.3 Å². The summed E-state index contributed by atoms with van der Waals surface area (Å²) in [6.45, 7) is 8.96. The van der Waals surface area contributed by atoms with E-state index in [-0.39, 0.29) is 18.3 Å². The van der Waals surface area contributed by atoms with E-state index >= 15 is 0 Å². The maximum atomic E-state index is 12.5. The van der Waals surface area contributed by atoms with Crippen molar-refractivity contribution in [1.82, 2.24) is 0 Å². The predicted octanol–water partition coefficient (Wildman–Crippen LogP) is 4.88. The van der Waals surface area contributed by atoms with Crippen LogP contribution in [0.2, 0.25) is 0 Å². The summed E-state index contributed by atoms with van der Waals surface area (Å²) in [6, 6.07) is 7.40. The summed E-state index contributed by atoms with van der Waals surface area (Å²) >= 11 is 1.32. The molecule has 6 heteroatoms. The lowest BCUT2D eigenvalue weighted by Crippen LogP contribution is -2.16. The Morgan fingerprint density at radius 3 is 2.33 bits per heavy atom. The monoisotopic (exact) mass is 387 g/mol. The van der Waals surface area contributed by atoms with Crippen LogP contribution in [0, 0.1) is 13.8 Å². The zero-order chi connectivity index (χ0) is 20.1. The van der Waals surface area contributed by atoms with E-state index in [0.717, 1.165) is 16.9 Å². The smallest absolute Gasteiger partial charge is 0.341 e. The molecule has 1 aromatic heterocycles. The van der Waals surface area contributed by atoms with E-state index in [2.05, 4.69) is 19.2 Å². The largest absolute Gasteiger partial charge is 0.454 e. The number of thiophene rings is 1. The topological polar surface area (TPSA) is 72.5 Å². The molecule has 1 atom stereocenters. The van der Waals surface area contributed by atoms with Crippen molar-refractivity contribution in [2.24, 2.45) is 0 Å². The summed E-state index contributed by atoms with van der Waals surface area (Å²) in [5, 5.41) is 3.10. The fourth-order valence-corrected chi connectivity index (χ4v) is 3.74. The number of ether oxygens (including phenoxy) is 1. The number of hydrogen-bond donors (Lipinski definition) is 1. The number of Topliss-reactive ketones (excluding diaryl/α,β-unsaturated/α-hetero) is 1. The molecule has 2 aromatic rings. The third-order valence-electron chi connectivity index (χ3n) is 4.63. The highest BCUT2D eigenvalue weighted by atomic mass is 32.1. The molecule has 1 aromatic carbocycles. The Hall–Kier alpha value is -2.47. The number of rotatable bonds is 7. The lowest BCUT2D eigenvalue weighted by atomic mass is 9.97. The molecule has 0 bridgehead atoms.